The summed E-state index contributed by atoms with van der Waals surface area (Å²) < 4.78 is 0. The highest BCUT2D eigenvalue weighted by Crippen LogP contribution is 2.54. The lowest BCUT2D eigenvalue weighted by Crippen LogP contribution is -2.28. The number of hydrogen-bond acceptors (Lipinski definition) is 0. The molecule has 0 spiro atoms. The Kier molecular flexibility index (Phi) is 1.17. The van der Waals surface area contributed by atoms with Gasteiger partial charge in [0.2, 0.25) is 0 Å². The molecule has 0 aliphatic heterocycles. The van der Waals surface area contributed by atoms with E-state index in [9.17, 15) is 0 Å². The summed E-state index contributed by atoms with van der Waals surface area (Å²) in [5.41, 5.74) is 0.781. The molecule has 0 nitrogen and oxygen atoms in total. The van der Waals surface area contributed by atoms with E-state index < -0.39 is 0 Å². The molecule has 11 heavy (non-hydrogen) atoms. The second-order valence-corrected chi connectivity index (χ2v) is 4.88. The Balaban J connectivity index is 2.38. The van der Waals surface area contributed by atoms with E-state index in [0.717, 1.165) is 5.92 Å². The molecule has 2 bridgehead atoms. The van der Waals surface area contributed by atoms with Gasteiger partial charge in [0.05, 0.1) is 0 Å². The minimum atomic E-state index is 0.387. The summed E-state index contributed by atoms with van der Waals surface area (Å²) in [5, 5.41) is 0. The van der Waals surface area contributed by atoms with E-state index in [4.69, 9.17) is 0 Å². The van der Waals surface area contributed by atoms with Crippen LogP contribution in [-0.4, -0.2) is 0 Å². The van der Waals surface area contributed by atoms with E-state index in [1.54, 1.807) is 0 Å². The highest BCUT2D eigenvalue weighted by atomic mass is 14.5. The molecule has 0 aromatic carbocycles. The number of fused-ring (bicyclic) bond motifs is 2. The van der Waals surface area contributed by atoms with Crippen molar-refractivity contribution >= 4 is 0 Å². The molecule has 0 heterocycles. The van der Waals surface area contributed by atoms with Gasteiger partial charge in [-0.25, -0.2) is 0 Å². The molecule has 0 unspecified atom stereocenters. The van der Waals surface area contributed by atoms with Crippen molar-refractivity contribution in [2.75, 3.05) is 0 Å². The molecule has 0 aromatic heterocycles. The van der Waals surface area contributed by atoms with E-state index in [2.05, 4.69) is 45.1 Å². The third-order valence-electron chi connectivity index (χ3n) is 3.25. The molecule has 2 aliphatic carbocycles. The van der Waals surface area contributed by atoms with Gasteiger partial charge in [0.15, 0.2) is 0 Å². The van der Waals surface area contributed by atoms with Gasteiger partial charge in [0, 0.05) is 5.41 Å². The van der Waals surface area contributed by atoms with Crippen LogP contribution in [0.15, 0.2) is 24.3 Å². The zero-order valence-corrected chi connectivity index (χ0v) is 7.59. The first kappa shape index (κ1) is 7.15. The summed E-state index contributed by atoms with van der Waals surface area (Å²) in [5.74, 6) is 0.745. The Bertz CT molecular complexity index is 211. The van der Waals surface area contributed by atoms with Gasteiger partial charge in [-0.2, -0.15) is 0 Å². The highest BCUT2D eigenvalue weighted by molar-refractivity contribution is 5.31. The topological polar surface area (TPSA) is 0 Å². The Hall–Kier alpha value is -0.520. The number of allylic oxidation sites excluding steroid dienone is 4. The summed E-state index contributed by atoms with van der Waals surface area (Å²) in [6.45, 7) is 6.99. The van der Waals surface area contributed by atoms with Gasteiger partial charge in [0.25, 0.3) is 0 Å². The maximum Gasteiger partial charge on any atom is 0.0118 e. The molecule has 0 N–H and O–H groups in total. The van der Waals surface area contributed by atoms with Gasteiger partial charge >= 0.3 is 0 Å². The van der Waals surface area contributed by atoms with Crippen LogP contribution in [0.25, 0.3) is 0 Å². The van der Waals surface area contributed by atoms with Crippen LogP contribution >= 0.6 is 0 Å². The van der Waals surface area contributed by atoms with Crippen molar-refractivity contribution < 1.29 is 0 Å². The smallest absolute Gasteiger partial charge is 0.0118 e. The molecule has 0 heteroatoms. The predicted molar refractivity (Wildman–Crippen MR) is 48.3 cm³/mol. The van der Waals surface area contributed by atoms with Crippen molar-refractivity contribution in [1.82, 2.24) is 0 Å². The van der Waals surface area contributed by atoms with Gasteiger partial charge in [-0.15, -0.1) is 0 Å². The van der Waals surface area contributed by atoms with Crippen LogP contribution < -0.4 is 0 Å². The minimum absolute atomic E-state index is 0.387. The standard InChI is InChI=1S/C11H16/c1-10(2,3)11-6-4-9(8-11)5-7-11/h4-7,9H,8H2,1-3H3. The van der Waals surface area contributed by atoms with E-state index in [1.165, 1.54) is 6.42 Å². The average molecular weight is 148 g/mol. The largest absolute Gasteiger partial charge is 0.0807 e. The van der Waals surface area contributed by atoms with Gasteiger partial charge in [-0.1, -0.05) is 45.1 Å². The Morgan fingerprint density at radius 3 is 1.91 bits per heavy atom. The van der Waals surface area contributed by atoms with E-state index >= 15 is 0 Å². The third kappa shape index (κ3) is 0.817. The first-order chi connectivity index (χ1) is 5.04. The lowest BCUT2D eigenvalue weighted by atomic mass is 9.67. The fourth-order valence-corrected chi connectivity index (χ4v) is 2.18. The Morgan fingerprint density at radius 2 is 1.73 bits per heavy atom. The molecule has 0 aromatic rings. The molecular weight excluding hydrogens is 132 g/mol. The van der Waals surface area contributed by atoms with E-state index in [0.29, 0.717) is 10.8 Å². The monoisotopic (exact) mass is 148 g/mol. The van der Waals surface area contributed by atoms with Crippen molar-refractivity contribution in [3.63, 3.8) is 0 Å². The third-order valence-corrected chi connectivity index (χ3v) is 3.25. The molecule has 0 fully saturated rings. The normalized spacial score (nSPS) is 40.5. The van der Waals surface area contributed by atoms with Crippen molar-refractivity contribution in [2.24, 2.45) is 16.7 Å². The predicted octanol–water partition coefficient (Wildman–Crippen LogP) is 3.16. The molecule has 0 radical (unpaired) electrons. The number of rotatable bonds is 0. The van der Waals surface area contributed by atoms with Gasteiger partial charge in [-0.3, -0.25) is 0 Å². The summed E-state index contributed by atoms with van der Waals surface area (Å²) in [6, 6.07) is 0. The van der Waals surface area contributed by atoms with Crippen molar-refractivity contribution in [3.05, 3.63) is 24.3 Å². The van der Waals surface area contributed by atoms with Crippen LogP contribution in [0.5, 0.6) is 0 Å². The summed E-state index contributed by atoms with van der Waals surface area (Å²) in [4.78, 5) is 0. The summed E-state index contributed by atoms with van der Waals surface area (Å²) in [7, 11) is 0. The summed E-state index contributed by atoms with van der Waals surface area (Å²) in [6.07, 6.45) is 10.8. The quantitative estimate of drug-likeness (QED) is 0.463. The SMILES string of the molecule is CC(C)(C)C12C=CC(C=C1)C2. The fraction of sp³-hybridized carbons (Fsp3) is 0.636. The molecule has 2 aliphatic rings. The van der Waals surface area contributed by atoms with Crippen molar-refractivity contribution in [3.8, 4) is 0 Å². The van der Waals surface area contributed by atoms with Crippen molar-refractivity contribution in [1.29, 1.82) is 0 Å². The first-order valence-corrected chi connectivity index (χ1v) is 4.42. The van der Waals surface area contributed by atoms with Crippen molar-refractivity contribution in [2.45, 2.75) is 27.2 Å². The second-order valence-electron chi connectivity index (χ2n) is 4.88. The van der Waals surface area contributed by atoms with Crippen LogP contribution in [0.1, 0.15) is 27.2 Å². The van der Waals surface area contributed by atoms with Gasteiger partial charge in [-0.05, 0) is 17.8 Å². The second kappa shape index (κ2) is 1.80. The maximum absolute atomic E-state index is 2.40. The molecule has 0 saturated carbocycles. The first-order valence-electron chi connectivity index (χ1n) is 4.42. The zero-order valence-electron chi connectivity index (χ0n) is 7.59. The Morgan fingerprint density at radius 1 is 1.18 bits per heavy atom. The highest BCUT2D eigenvalue weighted by Gasteiger charge is 2.44. The lowest BCUT2D eigenvalue weighted by Gasteiger charge is -2.36. The van der Waals surface area contributed by atoms with Gasteiger partial charge < -0.3 is 0 Å². The van der Waals surface area contributed by atoms with Gasteiger partial charge in [0.1, 0.15) is 0 Å². The summed E-state index contributed by atoms with van der Waals surface area (Å²) >= 11 is 0. The zero-order chi connectivity index (χ0) is 8.11. The van der Waals surface area contributed by atoms with E-state index in [1.807, 2.05) is 0 Å². The number of hydrogen-bond donors (Lipinski definition) is 0. The van der Waals surface area contributed by atoms with Crippen LogP contribution in [0.4, 0.5) is 0 Å². The molecule has 0 amide bonds. The van der Waals surface area contributed by atoms with Crippen LogP contribution in [-0.2, 0) is 0 Å². The van der Waals surface area contributed by atoms with Crippen LogP contribution in [0.2, 0.25) is 0 Å². The molecule has 0 atom stereocenters. The molecule has 2 rings (SSSR count). The fourth-order valence-electron chi connectivity index (χ4n) is 2.18. The maximum atomic E-state index is 2.40. The molecule has 60 valence electrons. The Labute approximate surface area is 69.0 Å². The minimum Gasteiger partial charge on any atom is -0.0807 e. The van der Waals surface area contributed by atoms with Crippen LogP contribution in [0.3, 0.4) is 0 Å². The molecule has 0 saturated heterocycles. The average Bonchev–Trinajstić information content (AvgIpc) is 2.42. The molecular formula is C11H16. The van der Waals surface area contributed by atoms with Crippen LogP contribution in [0, 0.1) is 16.7 Å². The lowest BCUT2D eigenvalue weighted by molar-refractivity contribution is 0.206. The van der Waals surface area contributed by atoms with E-state index in [-0.39, 0.29) is 0 Å².